The van der Waals surface area contributed by atoms with Crippen molar-refractivity contribution in [2.24, 2.45) is 0 Å². The van der Waals surface area contributed by atoms with Crippen LogP contribution in [0.2, 0.25) is 0 Å². The van der Waals surface area contributed by atoms with Gasteiger partial charge in [0, 0.05) is 45.5 Å². The first-order chi connectivity index (χ1) is 10.8. The molecule has 2 aliphatic heterocycles. The maximum absolute atomic E-state index is 13.8. The summed E-state index contributed by atoms with van der Waals surface area (Å²) in [7, 11) is 0. The van der Waals surface area contributed by atoms with Crippen LogP contribution >= 0.6 is 0 Å². The summed E-state index contributed by atoms with van der Waals surface area (Å²) < 4.78 is 19.1. The zero-order valence-electron chi connectivity index (χ0n) is 12.6. The van der Waals surface area contributed by atoms with Crippen LogP contribution < -0.4 is 4.90 Å². The first kappa shape index (κ1) is 15.0. The summed E-state index contributed by atoms with van der Waals surface area (Å²) >= 11 is 0. The monoisotopic (exact) mass is 308 g/mol. The largest absolute Gasteiger partial charge is 0.378 e. The quantitative estimate of drug-likeness (QED) is 0.782. The number of anilines is 1. The molecule has 1 aromatic rings. The van der Waals surface area contributed by atoms with Crippen molar-refractivity contribution in [2.45, 2.75) is 6.42 Å². The lowest BCUT2D eigenvalue weighted by Crippen LogP contribution is -2.49. The Morgan fingerprint density at radius 2 is 1.86 bits per heavy atom. The fourth-order valence-electron chi connectivity index (χ4n) is 2.89. The third-order valence-corrected chi connectivity index (χ3v) is 4.09. The van der Waals surface area contributed by atoms with Gasteiger partial charge in [-0.3, -0.25) is 0 Å². The summed E-state index contributed by atoms with van der Waals surface area (Å²) in [5.74, 6) is 0.0682. The van der Waals surface area contributed by atoms with Crippen LogP contribution in [0.3, 0.4) is 0 Å². The highest BCUT2D eigenvalue weighted by Gasteiger charge is 2.25. The first-order valence-electron chi connectivity index (χ1n) is 7.73. The van der Waals surface area contributed by atoms with Crippen molar-refractivity contribution >= 4 is 11.8 Å². The van der Waals surface area contributed by atoms with Crippen molar-refractivity contribution in [3.8, 4) is 0 Å². The predicted molar refractivity (Wildman–Crippen MR) is 80.4 cm³/mol. The Hall–Kier alpha value is -1.89. The minimum absolute atomic E-state index is 0.0617. The first-order valence-corrected chi connectivity index (χ1v) is 7.73. The van der Waals surface area contributed by atoms with Gasteiger partial charge in [-0.1, -0.05) is 0 Å². The third-order valence-electron chi connectivity index (χ3n) is 4.09. The lowest BCUT2D eigenvalue weighted by atomic mass is 10.3. The minimum Gasteiger partial charge on any atom is -0.378 e. The van der Waals surface area contributed by atoms with Crippen LogP contribution in [0.1, 0.15) is 6.42 Å². The number of aromatic nitrogens is 1. The molecule has 6 nitrogen and oxygen atoms in total. The topological polar surface area (TPSA) is 48.9 Å². The molecule has 0 spiro atoms. The van der Waals surface area contributed by atoms with Crippen molar-refractivity contribution in [1.29, 1.82) is 0 Å². The molecule has 0 saturated carbocycles. The summed E-state index contributed by atoms with van der Waals surface area (Å²) in [4.78, 5) is 22.2. The Morgan fingerprint density at radius 3 is 2.64 bits per heavy atom. The minimum atomic E-state index is -0.310. The van der Waals surface area contributed by atoms with E-state index in [2.05, 4.69) is 4.98 Å². The van der Waals surface area contributed by atoms with Gasteiger partial charge >= 0.3 is 6.03 Å². The van der Waals surface area contributed by atoms with Gasteiger partial charge in [0.05, 0.1) is 13.2 Å². The Labute approximate surface area is 129 Å². The van der Waals surface area contributed by atoms with Gasteiger partial charge in [0.1, 0.15) is 0 Å². The van der Waals surface area contributed by atoms with E-state index in [0.29, 0.717) is 58.3 Å². The molecule has 0 unspecified atom stereocenters. The molecule has 2 fully saturated rings. The average molecular weight is 308 g/mol. The number of hydrogen-bond donors (Lipinski definition) is 0. The van der Waals surface area contributed by atoms with Gasteiger partial charge < -0.3 is 19.4 Å². The van der Waals surface area contributed by atoms with E-state index in [1.807, 2.05) is 14.7 Å². The van der Waals surface area contributed by atoms with Crippen LogP contribution in [0.4, 0.5) is 15.0 Å². The second-order valence-electron chi connectivity index (χ2n) is 5.52. The van der Waals surface area contributed by atoms with E-state index in [4.69, 9.17) is 4.74 Å². The molecule has 2 saturated heterocycles. The molecule has 0 atom stereocenters. The third kappa shape index (κ3) is 3.30. The van der Waals surface area contributed by atoms with E-state index < -0.39 is 0 Å². The average Bonchev–Trinajstić information content (AvgIpc) is 2.81. The van der Waals surface area contributed by atoms with Gasteiger partial charge in [0.2, 0.25) is 0 Å². The molecule has 3 rings (SSSR count). The van der Waals surface area contributed by atoms with Crippen LogP contribution in [0.5, 0.6) is 0 Å². The Morgan fingerprint density at radius 1 is 1.09 bits per heavy atom. The van der Waals surface area contributed by atoms with Crippen LogP contribution in [0.15, 0.2) is 18.3 Å². The lowest BCUT2D eigenvalue weighted by molar-refractivity contribution is 0.0438. The summed E-state index contributed by atoms with van der Waals surface area (Å²) in [5.41, 5.74) is 0. The molecule has 0 bridgehead atoms. The van der Waals surface area contributed by atoms with Crippen LogP contribution in [-0.4, -0.2) is 73.3 Å². The number of hydrogen-bond acceptors (Lipinski definition) is 4. The molecule has 0 radical (unpaired) electrons. The molecule has 22 heavy (non-hydrogen) atoms. The standard InChI is InChI=1S/C15H21FN4O2/c16-13-3-1-4-17-14(13)18-5-2-6-19(8-7-18)15(21)20-9-11-22-12-10-20/h1,3-4H,2,5-12H2. The van der Waals surface area contributed by atoms with Crippen molar-refractivity contribution in [3.05, 3.63) is 24.1 Å². The Balaban J connectivity index is 1.62. The van der Waals surface area contributed by atoms with E-state index >= 15 is 0 Å². The molecule has 0 aliphatic carbocycles. The highest BCUT2D eigenvalue weighted by Crippen LogP contribution is 2.18. The van der Waals surface area contributed by atoms with Crippen LogP contribution in [0.25, 0.3) is 0 Å². The summed E-state index contributed by atoms with van der Waals surface area (Å²) in [6.07, 6.45) is 2.41. The number of halogens is 1. The van der Waals surface area contributed by atoms with E-state index in [1.165, 1.54) is 6.07 Å². The molecule has 1 aromatic heterocycles. The van der Waals surface area contributed by atoms with Gasteiger partial charge in [-0.25, -0.2) is 14.2 Å². The maximum Gasteiger partial charge on any atom is 0.320 e. The number of nitrogens with zero attached hydrogens (tertiary/aromatic N) is 4. The van der Waals surface area contributed by atoms with Gasteiger partial charge in [-0.15, -0.1) is 0 Å². The molecule has 2 amide bonds. The number of morpholine rings is 1. The molecular weight excluding hydrogens is 287 g/mol. The molecule has 7 heteroatoms. The molecule has 3 heterocycles. The number of carbonyl (C=O) groups excluding carboxylic acids is 1. The number of rotatable bonds is 1. The molecule has 120 valence electrons. The van der Waals surface area contributed by atoms with Gasteiger partial charge in [-0.05, 0) is 18.6 Å². The van der Waals surface area contributed by atoms with Crippen molar-refractivity contribution in [2.75, 3.05) is 57.4 Å². The molecule has 2 aliphatic rings. The van der Waals surface area contributed by atoms with Crippen LogP contribution in [0, 0.1) is 5.82 Å². The summed E-state index contributed by atoms with van der Waals surface area (Å²) in [5, 5.41) is 0. The zero-order valence-corrected chi connectivity index (χ0v) is 12.6. The predicted octanol–water partition coefficient (Wildman–Crippen LogP) is 1.18. The normalized spacial score (nSPS) is 20.0. The van der Waals surface area contributed by atoms with E-state index in [0.717, 1.165) is 6.42 Å². The van der Waals surface area contributed by atoms with E-state index in [1.54, 1.807) is 12.3 Å². The number of ether oxygens (including phenoxy) is 1. The molecule has 0 N–H and O–H groups in total. The number of carbonyl (C=O) groups is 1. The fourth-order valence-corrected chi connectivity index (χ4v) is 2.89. The fraction of sp³-hybridized carbons (Fsp3) is 0.600. The Kier molecular flexibility index (Phi) is 4.72. The highest BCUT2D eigenvalue weighted by atomic mass is 19.1. The summed E-state index contributed by atoms with van der Waals surface area (Å²) in [6, 6.07) is 3.07. The SMILES string of the molecule is O=C(N1CCOCC1)N1CCCN(c2ncccc2F)CC1. The second-order valence-corrected chi connectivity index (χ2v) is 5.52. The second kappa shape index (κ2) is 6.91. The lowest BCUT2D eigenvalue weighted by Gasteiger charge is -2.32. The molecule has 0 aromatic carbocycles. The van der Waals surface area contributed by atoms with Gasteiger partial charge in [-0.2, -0.15) is 0 Å². The van der Waals surface area contributed by atoms with Crippen molar-refractivity contribution in [3.63, 3.8) is 0 Å². The maximum atomic E-state index is 13.8. The number of amides is 2. The number of urea groups is 1. The highest BCUT2D eigenvalue weighted by molar-refractivity contribution is 5.74. The van der Waals surface area contributed by atoms with Crippen molar-refractivity contribution < 1.29 is 13.9 Å². The van der Waals surface area contributed by atoms with Gasteiger partial charge in [0.15, 0.2) is 11.6 Å². The van der Waals surface area contributed by atoms with Crippen molar-refractivity contribution in [1.82, 2.24) is 14.8 Å². The van der Waals surface area contributed by atoms with Gasteiger partial charge in [0.25, 0.3) is 0 Å². The smallest absolute Gasteiger partial charge is 0.320 e. The molecular formula is C15H21FN4O2. The van der Waals surface area contributed by atoms with Crippen LogP contribution in [-0.2, 0) is 4.74 Å². The summed E-state index contributed by atoms with van der Waals surface area (Å²) in [6.45, 7) is 5.09. The zero-order chi connectivity index (χ0) is 15.4. The van der Waals surface area contributed by atoms with E-state index in [-0.39, 0.29) is 11.8 Å². The Bertz CT molecular complexity index is 522. The number of pyridine rings is 1. The van der Waals surface area contributed by atoms with E-state index in [9.17, 15) is 9.18 Å².